The minimum atomic E-state index is -4.16. The molecular formula is C23H20ClFN2O5S. The first kappa shape index (κ1) is 23.0. The fourth-order valence-corrected chi connectivity index (χ4v) is 5.49. The zero-order chi connectivity index (χ0) is 23.8. The van der Waals surface area contributed by atoms with Crippen LogP contribution in [0.1, 0.15) is 22.9 Å². The number of ether oxygens (including phenoxy) is 1. The summed E-state index contributed by atoms with van der Waals surface area (Å²) in [6.45, 7) is 1.77. The molecule has 0 fully saturated rings. The molecule has 1 aliphatic rings. The van der Waals surface area contributed by atoms with Crippen LogP contribution in [0.3, 0.4) is 0 Å². The van der Waals surface area contributed by atoms with Crippen molar-refractivity contribution >= 4 is 27.7 Å². The molecular weight excluding hydrogens is 471 g/mol. The Bertz CT molecular complexity index is 1300. The van der Waals surface area contributed by atoms with Crippen molar-refractivity contribution in [1.82, 2.24) is 9.62 Å². The summed E-state index contributed by atoms with van der Waals surface area (Å²) in [5.41, 5.74) is 1.39. The van der Waals surface area contributed by atoms with Crippen LogP contribution in [0.5, 0.6) is 11.5 Å². The number of carbonyl (C=O) groups is 1. The van der Waals surface area contributed by atoms with E-state index in [4.69, 9.17) is 16.3 Å². The highest BCUT2D eigenvalue weighted by Crippen LogP contribution is 2.36. The van der Waals surface area contributed by atoms with Gasteiger partial charge in [-0.3, -0.25) is 0 Å². The molecule has 1 aliphatic heterocycles. The number of fused-ring (bicyclic) bond motifs is 1. The number of hydrogen-bond acceptors (Lipinski definition) is 4. The Balaban J connectivity index is 1.65. The molecule has 3 aromatic carbocycles. The zero-order valence-corrected chi connectivity index (χ0v) is 19.0. The molecule has 4 rings (SSSR count). The monoisotopic (exact) mass is 490 g/mol. The summed E-state index contributed by atoms with van der Waals surface area (Å²) in [7, 11) is -4.16. The lowest BCUT2D eigenvalue weighted by Crippen LogP contribution is -2.48. The number of rotatable bonds is 5. The average Bonchev–Trinajstić information content (AvgIpc) is 2.78. The molecule has 0 unspecified atom stereocenters. The van der Waals surface area contributed by atoms with Gasteiger partial charge in [0, 0.05) is 17.1 Å². The van der Waals surface area contributed by atoms with Crippen LogP contribution < -0.4 is 10.1 Å². The second kappa shape index (κ2) is 9.01. The van der Waals surface area contributed by atoms with E-state index in [-0.39, 0.29) is 23.4 Å². The zero-order valence-electron chi connectivity index (χ0n) is 17.5. The Morgan fingerprint density at radius 2 is 1.70 bits per heavy atom. The summed E-state index contributed by atoms with van der Waals surface area (Å²) in [4.78, 5) is 11.4. The number of amides is 1. The highest BCUT2D eigenvalue weighted by Gasteiger charge is 2.39. The standard InChI is InChI=1S/C23H20ClFN2O5S/c1-14-2-11-20(25)21-19(14)12-13-27(22(21)26-23(28)29)33(30,31)18-9-7-17(8-10-18)32-16-5-3-15(24)4-6-16/h2-11,22,26H,12-13H2,1H3,(H,28,29)/t22-/m1/s1. The van der Waals surface area contributed by atoms with Crippen molar-refractivity contribution in [3.05, 3.63) is 88.2 Å². The van der Waals surface area contributed by atoms with Crippen LogP contribution in [0.4, 0.5) is 9.18 Å². The van der Waals surface area contributed by atoms with Gasteiger partial charge in [-0.1, -0.05) is 17.7 Å². The largest absolute Gasteiger partial charge is 0.465 e. The van der Waals surface area contributed by atoms with E-state index in [9.17, 15) is 22.7 Å². The number of aryl methyl sites for hydroxylation is 1. The van der Waals surface area contributed by atoms with Crippen LogP contribution in [0, 0.1) is 12.7 Å². The number of nitrogens with zero attached hydrogens (tertiary/aromatic N) is 1. The van der Waals surface area contributed by atoms with Crippen LogP contribution >= 0.6 is 11.6 Å². The third-order valence-corrected chi connectivity index (χ3v) is 7.55. The summed E-state index contributed by atoms with van der Waals surface area (Å²) in [5, 5.41) is 12.0. The molecule has 0 saturated carbocycles. The minimum Gasteiger partial charge on any atom is -0.465 e. The molecule has 0 bridgehead atoms. The van der Waals surface area contributed by atoms with Crippen molar-refractivity contribution in [3.63, 3.8) is 0 Å². The van der Waals surface area contributed by atoms with Crippen molar-refractivity contribution in [1.29, 1.82) is 0 Å². The molecule has 1 amide bonds. The lowest BCUT2D eigenvalue weighted by molar-refractivity contribution is 0.172. The van der Waals surface area contributed by atoms with Crippen molar-refractivity contribution in [3.8, 4) is 11.5 Å². The first-order valence-corrected chi connectivity index (χ1v) is 11.8. The summed E-state index contributed by atoms with van der Waals surface area (Å²) < 4.78 is 48.2. The molecule has 2 N–H and O–H groups in total. The lowest BCUT2D eigenvalue weighted by atomic mass is 9.93. The number of carboxylic acid groups (broad SMARTS) is 1. The summed E-state index contributed by atoms with van der Waals surface area (Å²) in [6.07, 6.45) is -2.59. The third-order valence-electron chi connectivity index (χ3n) is 5.42. The first-order chi connectivity index (χ1) is 15.7. The summed E-state index contributed by atoms with van der Waals surface area (Å²) in [5.74, 6) is 0.266. The molecule has 3 aromatic rings. The quantitative estimate of drug-likeness (QED) is 0.519. The van der Waals surface area contributed by atoms with Gasteiger partial charge in [-0.15, -0.1) is 0 Å². The Hall–Kier alpha value is -3.14. The Morgan fingerprint density at radius 1 is 1.09 bits per heavy atom. The number of nitrogens with one attached hydrogen (secondary N) is 1. The van der Waals surface area contributed by atoms with E-state index in [1.807, 2.05) is 0 Å². The molecule has 0 radical (unpaired) electrons. The van der Waals surface area contributed by atoms with Crippen LogP contribution in [-0.2, 0) is 16.4 Å². The van der Waals surface area contributed by atoms with Crippen LogP contribution in [0.15, 0.2) is 65.6 Å². The minimum absolute atomic E-state index is 0.00635. The smallest absolute Gasteiger partial charge is 0.406 e. The van der Waals surface area contributed by atoms with Gasteiger partial charge in [0.15, 0.2) is 0 Å². The van der Waals surface area contributed by atoms with Gasteiger partial charge in [0.2, 0.25) is 10.0 Å². The molecule has 1 atom stereocenters. The summed E-state index contributed by atoms with van der Waals surface area (Å²) in [6, 6.07) is 15.2. The number of benzene rings is 3. The van der Waals surface area contributed by atoms with Crippen LogP contribution in [0.25, 0.3) is 0 Å². The number of sulfonamides is 1. The SMILES string of the molecule is Cc1ccc(F)c2c1CCN(S(=O)(=O)c1ccc(Oc3ccc(Cl)cc3)cc1)[C@H]2NC(=O)O. The molecule has 10 heteroatoms. The fraction of sp³-hybridized carbons (Fsp3) is 0.174. The van der Waals surface area contributed by atoms with Gasteiger partial charge in [0.25, 0.3) is 0 Å². The fourth-order valence-electron chi connectivity index (χ4n) is 3.84. The van der Waals surface area contributed by atoms with E-state index in [0.717, 1.165) is 9.87 Å². The topological polar surface area (TPSA) is 95.9 Å². The van der Waals surface area contributed by atoms with Crippen molar-refractivity contribution in [2.75, 3.05) is 6.54 Å². The van der Waals surface area contributed by atoms with Gasteiger partial charge in [0.1, 0.15) is 23.5 Å². The molecule has 7 nitrogen and oxygen atoms in total. The van der Waals surface area contributed by atoms with E-state index in [1.165, 1.54) is 30.3 Å². The molecule has 0 saturated heterocycles. The maximum atomic E-state index is 14.7. The van der Waals surface area contributed by atoms with Gasteiger partial charge in [0.05, 0.1) is 4.90 Å². The third kappa shape index (κ3) is 4.66. The van der Waals surface area contributed by atoms with E-state index in [2.05, 4.69) is 5.32 Å². The van der Waals surface area contributed by atoms with E-state index >= 15 is 0 Å². The predicted molar refractivity (Wildman–Crippen MR) is 121 cm³/mol. The van der Waals surface area contributed by atoms with Crippen LogP contribution in [0.2, 0.25) is 5.02 Å². The number of hydrogen-bond donors (Lipinski definition) is 2. The van der Waals surface area contributed by atoms with Gasteiger partial charge in [-0.2, -0.15) is 4.31 Å². The van der Waals surface area contributed by atoms with Crippen molar-refractivity contribution in [2.45, 2.75) is 24.4 Å². The first-order valence-electron chi connectivity index (χ1n) is 9.99. The normalized spacial score (nSPS) is 16.2. The summed E-state index contributed by atoms with van der Waals surface area (Å²) >= 11 is 5.86. The Labute approximate surface area is 195 Å². The molecule has 1 heterocycles. The molecule has 172 valence electrons. The van der Waals surface area contributed by atoms with Crippen LogP contribution in [-0.4, -0.2) is 30.5 Å². The van der Waals surface area contributed by atoms with E-state index < -0.39 is 28.1 Å². The molecule has 0 aromatic heterocycles. The van der Waals surface area contributed by atoms with Gasteiger partial charge < -0.3 is 15.2 Å². The van der Waals surface area contributed by atoms with Gasteiger partial charge >= 0.3 is 6.09 Å². The molecule has 33 heavy (non-hydrogen) atoms. The van der Waals surface area contributed by atoms with Crippen molar-refractivity contribution < 1.29 is 27.4 Å². The lowest BCUT2D eigenvalue weighted by Gasteiger charge is -2.36. The van der Waals surface area contributed by atoms with Gasteiger partial charge in [-0.05, 0) is 79.1 Å². The maximum absolute atomic E-state index is 14.7. The van der Waals surface area contributed by atoms with E-state index in [1.54, 1.807) is 37.3 Å². The second-order valence-corrected chi connectivity index (χ2v) is 9.83. The highest BCUT2D eigenvalue weighted by atomic mass is 35.5. The highest BCUT2D eigenvalue weighted by molar-refractivity contribution is 7.89. The number of halogens is 2. The molecule has 0 spiro atoms. The van der Waals surface area contributed by atoms with Gasteiger partial charge in [-0.25, -0.2) is 17.6 Å². The molecule has 0 aliphatic carbocycles. The van der Waals surface area contributed by atoms with Crippen molar-refractivity contribution in [2.24, 2.45) is 0 Å². The Morgan fingerprint density at radius 3 is 2.30 bits per heavy atom. The predicted octanol–water partition coefficient (Wildman–Crippen LogP) is 5.09. The van der Waals surface area contributed by atoms with E-state index in [0.29, 0.717) is 22.1 Å². The average molecular weight is 491 g/mol. The Kier molecular flexibility index (Phi) is 6.29. The maximum Gasteiger partial charge on any atom is 0.406 e. The second-order valence-electron chi connectivity index (χ2n) is 7.50.